The summed E-state index contributed by atoms with van der Waals surface area (Å²) in [6.07, 6.45) is 0.300. The molecule has 1 fully saturated rings. The van der Waals surface area contributed by atoms with E-state index < -0.39 is 24.1 Å². The zero-order valence-electron chi connectivity index (χ0n) is 14.8. The highest BCUT2D eigenvalue weighted by molar-refractivity contribution is 6.06. The van der Waals surface area contributed by atoms with Gasteiger partial charge in [-0.2, -0.15) is 0 Å². The van der Waals surface area contributed by atoms with Crippen LogP contribution in [0.25, 0.3) is 0 Å². The Labute approximate surface area is 151 Å². The number of fused-ring (bicyclic) bond motifs is 1. The molecule has 140 valence electrons. The molecule has 1 aromatic rings. The Hall–Kier alpha value is -2.61. The van der Waals surface area contributed by atoms with E-state index in [1.807, 2.05) is 0 Å². The number of carbonyl (C=O) groups is 3. The fourth-order valence-corrected chi connectivity index (χ4v) is 2.81. The maximum absolute atomic E-state index is 12.8. The van der Waals surface area contributed by atoms with Gasteiger partial charge in [-0.25, -0.2) is 4.79 Å². The first-order valence-corrected chi connectivity index (χ1v) is 8.67. The van der Waals surface area contributed by atoms with Gasteiger partial charge in [0.2, 0.25) is 5.91 Å². The molecule has 0 saturated heterocycles. The van der Waals surface area contributed by atoms with Crippen molar-refractivity contribution in [3.63, 3.8) is 0 Å². The number of anilines is 2. The number of hydrogen-bond donors (Lipinski definition) is 2. The first-order valence-electron chi connectivity index (χ1n) is 8.67. The van der Waals surface area contributed by atoms with Crippen molar-refractivity contribution >= 4 is 29.3 Å². The van der Waals surface area contributed by atoms with Crippen molar-refractivity contribution in [1.29, 1.82) is 0 Å². The number of amides is 3. The Balaban J connectivity index is 1.88. The molecule has 0 spiro atoms. The quantitative estimate of drug-likeness (QED) is 0.829. The first kappa shape index (κ1) is 18.2. The van der Waals surface area contributed by atoms with Gasteiger partial charge in [0.05, 0.1) is 24.5 Å². The number of carbonyl (C=O) groups excluding carboxylic acids is 3. The third-order valence-corrected chi connectivity index (χ3v) is 4.58. The molecule has 0 unspecified atom stereocenters. The van der Waals surface area contributed by atoms with Crippen LogP contribution in [0.3, 0.4) is 0 Å². The van der Waals surface area contributed by atoms with E-state index in [0.29, 0.717) is 23.9 Å². The number of rotatable bonds is 4. The molecule has 0 bridgehead atoms. The lowest BCUT2D eigenvalue weighted by atomic mass is 10.2. The zero-order chi connectivity index (χ0) is 18.8. The SMILES string of the molecule is C[C@H](O)C(=O)N[C@H]1CN(C(=O)OCC2CC2)c2ccccc2N(C)C1=O. The van der Waals surface area contributed by atoms with Gasteiger partial charge in [0, 0.05) is 7.05 Å². The van der Waals surface area contributed by atoms with Crippen molar-refractivity contribution in [3.05, 3.63) is 24.3 Å². The van der Waals surface area contributed by atoms with Gasteiger partial charge >= 0.3 is 6.09 Å². The molecular formula is C18H23N3O5. The standard InChI is InChI=1S/C18H23N3O5/c1-11(22)16(23)19-13-9-21(18(25)26-10-12-7-8-12)15-6-4-3-5-14(15)20(2)17(13)24/h3-6,11-13,22H,7-10H2,1-2H3,(H,19,23)/t11-,13-/m0/s1. The predicted octanol–water partition coefficient (Wildman–Crippen LogP) is 0.882. The summed E-state index contributed by atoms with van der Waals surface area (Å²) in [7, 11) is 1.59. The molecule has 3 amide bonds. The van der Waals surface area contributed by atoms with Crippen molar-refractivity contribution in [1.82, 2.24) is 5.32 Å². The number of hydrogen-bond acceptors (Lipinski definition) is 5. The van der Waals surface area contributed by atoms with Crippen LogP contribution in [-0.2, 0) is 14.3 Å². The average Bonchev–Trinajstić information content (AvgIpc) is 3.46. The number of para-hydroxylation sites is 2. The highest BCUT2D eigenvalue weighted by atomic mass is 16.6. The highest BCUT2D eigenvalue weighted by Crippen LogP contribution is 2.33. The predicted molar refractivity (Wildman–Crippen MR) is 94.9 cm³/mol. The lowest BCUT2D eigenvalue weighted by molar-refractivity contribution is -0.132. The molecule has 2 atom stereocenters. The molecule has 2 N–H and O–H groups in total. The van der Waals surface area contributed by atoms with Crippen LogP contribution in [0.2, 0.25) is 0 Å². The van der Waals surface area contributed by atoms with Gasteiger partial charge in [0.1, 0.15) is 12.1 Å². The summed E-state index contributed by atoms with van der Waals surface area (Å²) in [5, 5.41) is 11.9. The van der Waals surface area contributed by atoms with E-state index in [2.05, 4.69) is 5.32 Å². The molecule has 0 radical (unpaired) electrons. The van der Waals surface area contributed by atoms with Crippen LogP contribution in [-0.4, -0.2) is 55.4 Å². The van der Waals surface area contributed by atoms with Crippen LogP contribution >= 0.6 is 0 Å². The molecule has 1 aromatic carbocycles. The minimum absolute atomic E-state index is 0.0673. The molecule has 8 heteroatoms. The van der Waals surface area contributed by atoms with Crippen molar-refractivity contribution in [2.75, 3.05) is 30.0 Å². The number of benzene rings is 1. The van der Waals surface area contributed by atoms with Gasteiger partial charge in [-0.15, -0.1) is 0 Å². The van der Waals surface area contributed by atoms with Crippen LogP contribution in [0, 0.1) is 5.92 Å². The number of nitrogens with zero attached hydrogens (tertiary/aromatic N) is 2. The molecule has 1 aliphatic carbocycles. The third-order valence-electron chi connectivity index (χ3n) is 4.58. The number of likely N-dealkylation sites (N-methyl/N-ethyl adjacent to an activating group) is 1. The third kappa shape index (κ3) is 3.80. The molecule has 26 heavy (non-hydrogen) atoms. The number of aliphatic hydroxyl groups is 1. The van der Waals surface area contributed by atoms with Crippen molar-refractivity contribution < 1.29 is 24.2 Å². The van der Waals surface area contributed by atoms with Gasteiger partial charge in [-0.1, -0.05) is 12.1 Å². The fourth-order valence-electron chi connectivity index (χ4n) is 2.81. The molecule has 3 rings (SSSR count). The second-order valence-electron chi connectivity index (χ2n) is 6.75. The van der Waals surface area contributed by atoms with Gasteiger partial charge < -0.3 is 20.1 Å². The lowest BCUT2D eigenvalue weighted by Gasteiger charge is -2.24. The number of aliphatic hydroxyl groups excluding tert-OH is 1. The van der Waals surface area contributed by atoms with Gasteiger partial charge in [0.25, 0.3) is 5.91 Å². The van der Waals surface area contributed by atoms with Crippen molar-refractivity contribution in [2.45, 2.75) is 31.9 Å². The highest BCUT2D eigenvalue weighted by Gasteiger charge is 2.36. The summed E-state index contributed by atoms with van der Waals surface area (Å²) < 4.78 is 5.38. The second kappa shape index (κ2) is 7.33. The number of nitrogens with one attached hydrogen (secondary N) is 1. The van der Waals surface area contributed by atoms with Crippen LogP contribution in [0.1, 0.15) is 19.8 Å². The Bertz CT molecular complexity index is 717. The maximum Gasteiger partial charge on any atom is 0.414 e. The Morgan fingerprint density at radius 2 is 1.96 bits per heavy atom. The van der Waals surface area contributed by atoms with E-state index in [1.165, 1.54) is 16.7 Å². The maximum atomic E-state index is 12.8. The molecule has 1 heterocycles. The Morgan fingerprint density at radius 3 is 2.58 bits per heavy atom. The fraction of sp³-hybridized carbons (Fsp3) is 0.500. The zero-order valence-corrected chi connectivity index (χ0v) is 14.8. The minimum Gasteiger partial charge on any atom is -0.449 e. The summed E-state index contributed by atoms with van der Waals surface area (Å²) in [6.45, 7) is 1.60. The van der Waals surface area contributed by atoms with Crippen molar-refractivity contribution in [2.24, 2.45) is 5.92 Å². The van der Waals surface area contributed by atoms with E-state index in [0.717, 1.165) is 12.8 Å². The summed E-state index contributed by atoms with van der Waals surface area (Å²) in [5.74, 6) is -0.630. The average molecular weight is 361 g/mol. The molecule has 0 aromatic heterocycles. The smallest absolute Gasteiger partial charge is 0.414 e. The summed E-state index contributed by atoms with van der Waals surface area (Å²) in [5.41, 5.74) is 1.09. The Kier molecular flexibility index (Phi) is 5.13. The van der Waals surface area contributed by atoms with Gasteiger partial charge in [-0.05, 0) is 37.8 Å². The first-order chi connectivity index (χ1) is 12.4. The number of ether oxygens (including phenoxy) is 1. The summed E-state index contributed by atoms with van der Waals surface area (Å²) in [4.78, 5) is 40.0. The van der Waals surface area contributed by atoms with Crippen LogP contribution in [0.4, 0.5) is 16.2 Å². The van der Waals surface area contributed by atoms with Crippen molar-refractivity contribution in [3.8, 4) is 0 Å². The van der Waals surface area contributed by atoms with E-state index in [4.69, 9.17) is 4.74 Å². The molecular weight excluding hydrogens is 338 g/mol. The normalized spacial score (nSPS) is 20.9. The monoisotopic (exact) mass is 361 g/mol. The second-order valence-corrected chi connectivity index (χ2v) is 6.75. The Morgan fingerprint density at radius 1 is 1.31 bits per heavy atom. The molecule has 8 nitrogen and oxygen atoms in total. The van der Waals surface area contributed by atoms with E-state index >= 15 is 0 Å². The van der Waals surface area contributed by atoms with Gasteiger partial charge in [0.15, 0.2) is 0 Å². The van der Waals surface area contributed by atoms with E-state index in [1.54, 1.807) is 31.3 Å². The van der Waals surface area contributed by atoms with E-state index in [-0.39, 0.29) is 12.5 Å². The van der Waals surface area contributed by atoms with Gasteiger partial charge in [-0.3, -0.25) is 14.5 Å². The lowest BCUT2D eigenvalue weighted by Crippen LogP contribution is -2.54. The van der Waals surface area contributed by atoms with Crippen LogP contribution < -0.4 is 15.1 Å². The topological polar surface area (TPSA) is 99.2 Å². The molecule has 1 saturated carbocycles. The minimum atomic E-state index is -1.26. The van der Waals surface area contributed by atoms with Crippen LogP contribution in [0.15, 0.2) is 24.3 Å². The largest absolute Gasteiger partial charge is 0.449 e. The summed E-state index contributed by atoms with van der Waals surface area (Å²) in [6, 6.07) is 6.02. The molecule has 2 aliphatic rings. The van der Waals surface area contributed by atoms with Crippen LogP contribution in [0.5, 0.6) is 0 Å². The summed E-state index contributed by atoms with van der Waals surface area (Å²) >= 11 is 0. The molecule has 1 aliphatic heterocycles. The van der Waals surface area contributed by atoms with E-state index in [9.17, 15) is 19.5 Å².